The van der Waals surface area contributed by atoms with Crippen LogP contribution in [0.4, 0.5) is 20.2 Å². The minimum Gasteiger partial charge on any atom is -0.399 e. The van der Waals surface area contributed by atoms with E-state index in [9.17, 15) is 8.78 Å². The van der Waals surface area contributed by atoms with Gasteiger partial charge >= 0.3 is 0 Å². The van der Waals surface area contributed by atoms with E-state index in [0.717, 1.165) is 25.2 Å². The van der Waals surface area contributed by atoms with Crippen LogP contribution in [0.1, 0.15) is 6.92 Å². The van der Waals surface area contributed by atoms with Gasteiger partial charge in [0.25, 0.3) is 0 Å². The van der Waals surface area contributed by atoms with Crippen molar-refractivity contribution in [1.29, 1.82) is 0 Å². The van der Waals surface area contributed by atoms with Gasteiger partial charge in [0.15, 0.2) is 11.6 Å². The number of hydrogen-bond donors (Lipinski definition) is 2. The van der Waals surface area contributed by atoms with Gasteiger partial charge in [-0.2, -0.15) is 0 Å². The van der Waals surface area contributed by atoms with Gasteiger partial charge in [0.1, 0.15) is 5.69 Å². The van der Waals surface area contributed by atoms with Gasteiger partial charge < -0.3 is 15.8 Å². The number of nitrogens with two attached hydrogens (primary N) is 1. The third kappa shape index (κ3) is 3.78. The number of hydrogen-bond acceptors (Lipinski definition) is 4. The molecule has 1 aromatic carbocycles. The Morgan fingerprint density at radius 1 is 1.32 bits per heavy atom. The highest BCUT2D eigenvalue weighted by Gasteiger charge is 2.16. The average Bonchev–Trinajstić information content (AvgIpc) is 2.35. The number of nitrogen functional groups attached to an aromatic ring is 1. The topological polar surface area (TPSA) is 50.5 Å². The Bertz CT molecular complexity index is 413. The molecule has 3 N–H and O–H groups in total. The molecule has 1 aromatic rings. The highest BCUT2D eigenvalue weighted by Crippen LogP contribution is 2.22. The Hall–Kier alpha value is -1.40. The zero-order valence-electron chi connectivity index (χ0n) is 11.0. The molecule has 0 bridgehead atoms. The van der Waals surface area contributed by atoms with E-state index in [4.69, 9.17) is 10.5 Å². The highest BCUT2D eigenvalue weighted by atomic mass is 19.1. The summed E-state index contributed by atoms with van der Waals surface area (Å²) in [4.78, 5) is 2.20. The molecule has 4 nitrogen and oxygen atoms in total. The zero-order chi connectivity index (χ0) is 13.8. The Kier molecular flexibility index (Phi) is 4.55. The third-order valence-corrected chi connectivity index (χ3v) is 3.09. The maximum Gasteiger partial charge on any atom is 0.151 e. The fraction of sp³-hybridized carbons (Fsp3) is 0.538. The van der Waals surface area contributed by atoms with E-state index in [1.807, 2.05) is 6.92 Å². The standard InChI is InChI=1S/C13H19F2N3O/c1-9(8-18-2-4-19-5-3-18)17-13-11(14)6-10(16)7-12(13)15/h6-7,9,17H,2-5,8,16H2,1H3. The number of nitrogens with zero attached hydrogens (tertiary/aromatic N) is 1. The van der Waals surface area contributed by atoms with Gasteiger partial charge in [-0.1, -0.05) is 0 Å². The predicted octanol–water partition coefficient (Wildman–Crippen LogP) is 1.68. The zero-order valence-corrected chi connectivity index (χ0v) is 11.0. The molecule has 0 spiro atoms. The molecule has 0 saturated carbocycles. The molecule has 0 aliphatic carbocycles. The minimum atomic E-state index is -0.661. The molecule has 1 atom stereocenters. The van der Waals surface area contributed by atoms with Crippen LogP contribution in [0.25, 0.3) is 0 Å². The summed E-state index contributed by atoms with van der Waals surface area (Å²) in [6.07, 6.45) is 0. The smallest absolute Gasteiger partial charge is 0.151 e. The van der Waals surface area contributed by atoms with Crippen LogP contribution in [-0.2, 0) is 4.74 Å². The summed E-state index contributed by atoms with van der Waals surface area (Å²) < 4.78 is 32.5. The summed E-state index contributed by atoms with van der Waals surface area (Å²) in [5, 5.41) is 2.86. The lowest BCUT2D eigenvalue weighted by Crippen LogP contribution is -2.42. The van der Waals surface area contributed by atoms with E-state index < -0.39 is 11.6 Å². The first-order valence-corrected chi connectivity index (χ1v) is 6.37. The van der Waals surface area contributed by atoms with Crippen molar-refractivity contribution in [2.24, 2.45) is 0 Å². The molecular formula is C13H19F2N3O. The lowest BCUT2D eigenvalue weighted by molar-refractivity contribution is 0.0368. The molecule has 0 aromatic heterocycles. The van der Waals surface area contributed by atoms with E-state index in [0.29, 0.717) is 19.8 Å². The molecule has 1 saturated heterocycles. The van der Waals surface area contributed by atoms with Gasteiger partial charge in [0.2, 0.25) is 0 Å². The van der Waals surface area contributed by atoms with Crippen molar-refractivity contribution in [2.45, 2.75) is 13.0 Å². The van der Waals surface area contributed by atoms with Gasteiger partial charge in [-0.15, -0.1) is 0 Å². The van der Waals surface area contributed by atoms with Gasteiger partial charge in [-0.3, -0.25) is 4.90 Å². The first-order valence-electron chi connectivity index (χ1n) is 6.37. The SMILES string of the molecule is CC(CN1CCOCC1)Nc1c(F)cc(N)cc1F. The number of anilines is 2. The summed E-state index contributed by atoms with van der Waals surface area (Å²) in [6.45, 7) is 5.71. The molecule has 1 aliphatic rings. The number of ether oxygens (including phenoxy) is 1. The molecule has 6 heteroatoms. The summed E-state index contributed by atoms with van der Waals surface area (Å²) in [6, 6.07) is 2.17. The fourth-order valence-electron chi connectivity index (χ4n) is 2.19. The van der Waals surface area contributed by atoms with Crippen molar-refractivity contribution < 1.29 is 13.5 Å². The molecule has 1 heterocycles. The Labute approximate surface area is 111 Å². The highest BCUT2D eigenvalue weighted by molar-refractivity contribution is 5.54. The van der Waals surface area contributed by atoms with Gasteiger partial charge in [0, 0.05) is 31.4 Å². The number of rotatable bonds is 4. The molecule has 2 rings (SSSR count). The molecular weight excluding hydrogens is 252 g/mol. The van der Waals surface area contributed by atoms with Gasteiger partial charge in [-0.05, 0) is 19.1 Å². The lowest BCUT2D eigenvalue weighted by Gasteiger charge is -2.29. The van der Waals surface area contributed by atoms with Crippen molar-refractivity contribution in [1.82, 2.24) is 4.90 Å². The van der Waals surface area contributed by atoms with Gasteiger partial charge in [0.05, 0.1) is 13.2 Å². The number of benzene rings is 1. The second-order valence-electron chi connectivity index (χ2n) is 4.82. The van der Waals surface area contributed by atoms with E-state index >= 15 is 0 Å². The van der Waals surface area contributed by atoms with E-state index in [1.54, 1.807) is 0 Å². The van der Waals surface area contributed by atoms with Crippen LogP contribution in [0, 0.1) is 11.6 Å². The Balaban J connectivity index is 1.96. The number of nitrogens with one attached hydrogen (secondary N) is 1. The molecule has 19 heavy (non-hydrogen) atoms. The van der Waals surface area contributed by atoms with Crippen LogP contribution < -0.4 is 11.1 Å². The van der Waals surface area contributed by atoms with E-state index in [-0.39, 0.29) is 17.4 Å². The predicted molar refractivity (Wildman–Crippen MR) is 71.1 cm³/mol. The van der Waals surface area contributed by atoms with Crippen LogP contribution in [0.2, 0.25) is 0 Å². The summed E-state index contributed by atoms with van der Waals surface area (Å²) in [7, 11) is 0. The normalized spacial score (nSPS) is 18.3. The molecule has 1 aliphatic heterocycles. The number of halogens is 2. The number of morpholine rings is 1. The van der Waals surface area contributed by atoms with Crippen molar-refractivity contribution in [3.8, 4) is 0 Å². The first kappa shape index (κ1) is 14.0. The van der Waals surface area contributed by atoms with Crippen LogP contribution in [0.15, 0.2) is 12.1 Å². The quantitative estimate of drug-likeness (QED) is 0.818. The molecule has 1 fully saturated rings. The monoisotopic (exact) mass is 271 g/mol. The van der Waals surface area contributed by atoms with Crippen molar-refractivity contribution in [2.75, 3.05) is 43.9 Å². The van der Waals surface area contributed by atoms with Crippen molar-refractivity contribution in [3.63, 3.8) is 0 Å². The molecule has 0 radical (unpaired) electrons. The fourth-order valence-corrected chi connectivity index (χ4v) is 2.19. The van der Waals surface area contributed by atoms with Crippen molar-refractivity contribution in [3.05, 3.63) is 23.8 Å². The maximum atomic E-state index is 13.6. The summed E-state index contributed by atoms with van der Waals surface area (Å²) >= 11 is 0. The molecule has 0 amide bonds. The lowest BCUT2D eigenvalue weighted by atomic mass is 10.2. The first-order chi connectivity index (χ1) is 9.06. The van der Waals surface area contributed by atoms with Crippen molar-refractivity contribution >= 4 is 11.4 Å². The maximum absolute atomic E-state index is 13.6. The summed E-state index contributed by atoms with van der Waals surface area (Å²) in [5.41, 5.74) is 5.35. The van der Waals surface area contributed by atoms with E-state index in [2.05, 4.69) is 10.2 Å². The Morgan fingerprint density at radius 3 is 2.47 bits per heavy atom. The Morgan fingerprint density at radius 2 is 1.89 bits per heavy atom. The van der Waals surface area contributed by atoms with Crippen LogP contribution in [0.5, 0.6) is 0 Å². The summed E-state index contributed by atoms with van der Waals surface area (Å²) in [5.74, 6) is -1.32. The average molecular weight is 271 g/mol. The van der Waals surface area contributed by atoms with E-state index in [1.165, 1.54) is 0 Å². The molecule has 106 valence electrons. The van der Waals surface area contributed by atoms with Crippen LogP contribution in [-0.4, -0.2) is 43.8 Å². The second-order valence-corrected chi connectivity index (χ2v) is 4.82. The minimum absolute atomic E-state index is 0.0641. The van der Waals surface area contributed by atoms with Crippen LogP contribution >= 0.6 is 0 Å². The van der Waals surface area contributed by atoms with Crippen LogP contribution in [0.3, 0.4) is 0 Å². The second kappa shape index (κ2) is 6.16. The molecule has 1 unspecified atom stereocenters. The largest absolute Gasteiger partial charge is 0.399 e. The van der Waals surface area contributed by atoms with Gasteiger partial charge in [-0.25, -0.2) is 8.78 Å². The third-order valence-electron chi connectivity index (χ3n) is 3.09.